The zero-order valence-electron chi connectivity index (χ0n) is 15.0. The van der Waals surface area contributed by atoms with Gasteiger partial charge in [0.05, 0.1) is 21.3 Å². The molecule has 5 nitrogen and oxygen atoms in total. The van der Waals surface area contributed by atoms with Crippen LogP contribution in [-0.4, -0.2) is 33.1 Å². The van der Waals surface area contributed by atoms with Crippen LogP contribution in [0.15, 0.2) is 48.7 Å². The van der Waals surface area contributed by atoms with Crippen molar-refractivity contribution in [1.29, 1.82) is 0 Å². The highest BCUT2D eigenvalue weighted by molar-refractivity contribution is 7.18. The third-order valence-electron chi connectivity index (χ3n) is 5.12. The Hall–Kier alpha value is -2.31. The lowest BCUT2D eigenvalue weighted by Crippen LogP contribution is -2.48. The number of aliphatic hydroxyl groups excluding tert-OH is 1. The lowest BCUT2D eigenvalue weighted by Gasteiger charge is -2.38. The molecule has 3 aromatic rings. The first kappa shape index (κ1) is 18.1. The van der Waals surface area contributed by atoms with Crippen molar-refractivity contribution >= 4 is 27.5 Å². The molecule has 0 spiro atoms. The number of rotatable bonds is 7. The molecule has 2 heterocycles. The molecule has 0 aliphatic heterocycles. The number of para-hydroxylation sites is 1. The minimum Gasteiger partial charge on any atom is -0.393 e. The van der Waals surface area contributed by atoms with E-state index in [-0.39, 0.29) is 18.1 Å². The number of amides is 1. The van der Waals surface area contributed by atoms with Crippen molar-refractivity contribution in [2.45, 2.75) is 44.2 Å². The van der Waals surface area contributed by atoms with Crippen LogP contribution in [0, 0.1) is 5.92 Å². The van der Waals surface area contributed by atoms with E-state index in [1.165, 1.54) is 0 Å². The van der Waals surface area contributed by atoms with Crippen molar-refractivity contribution in [3.63, 3.8) is 0 Å². The third-order valence-corrected chi connectivity index (χ3v) is 6.22. The third kappa shape index (κ3) is 4.51. The van der Waals surface area contributed by atoms with Crippen LogP contribution in [-0.2, 0) is 17.6 Å². The van der Waals surface area contributed by atoms with Gasteiger partial charge < -0.3 is 10.4 Å². The molecule has 1 aliphatic carbocycles. The zero-order valence-corrected chi connectivity index (χ0v) is 15.9. The van der Waals surface area contributed by atoms with E-state index in [4.69, 9.17) is 0 Å². The van der Waals surface area contributed by atoms with Gasteiger partial charge in [0.2, 0.25) is 5.91 Å². The molecule has 2 N–H and O–H groups in total. The summed E-state index contributed by atoms with van der Waals surface area (Å²) >= 11 is 1.65. The molecule has 1 saturated carbocycles. The monoisotopic (exact) mass is 381 g/mol. The highest BCUT2D eigenvalue weighted by Crippen LogP contribution is 2.31. The molecule has 4 rings (SSSR count). The highest BCUT2D eigenvalue weighted by atomic mass is 32.1. The molecule has 0 saturated heterocycles. The second-order valence-electron chi connectivity index (χ2n) is 7.16. The number of pyridine rings is 1. The molecule has 1 unspecified atom stereocenters. The summed E-state index contributed by atoms with van der Waals surface area (Å²) in [5.41, 5.74) is 1.96. The molecule has 1 aliphatic rings. The Morgan fingerprint density at radius 1 is 1.22 bits per heavy atom. The van der Waals surface area contributed by atoms with Gasteiger partial charge in [-0.3, -0.25) is 9.78 Å². The predicted octanol–water partition coefficient (Wildman–Crippen LogP) is 3.12. The summed E-state index contributed by atoms with van der Waals surface area (Å²) < 4.78 is 1.16. The van der Waals surface area contributed by atoms with Crippen molar-refractivity contribution in [1.82, 2.24) is 15.3 Å². The molecule has 0 radical (unpaired) electrons. The fraction of sp³-hybridized carbons (Fsp3) is 0.381. The lowest BCUT2D eigenvalue weighted by atomic mass is 9.76. The zero-order chi connectivity index (χ0) is 18.6. The normalized spacial score (nSPS) is 20.2. The van der Waals surface area contributed by atoms with Crippen LogP contribution in [0.5, 0.6) is 0 Å². The average molecular weight is 382 g/mol. The van der Waals surface area contributed by atoms with E-state index in [1.54, 1.807) is 17.5 Å². The summed E-state index contributed by atoms with van der Waals surface area (Å²) in [5, 5.41) is 13.8. The van der Waals surface area contributed by atoms with Gasteiger partial charge in [-0.1, -0.05) is 18.2 Å². The van der Waals surface area contributed by atoms with Crippen LogP contribution in [0.2, 0.25) is 0 Å². The van der Waals surface area contributed by atoms with Gasteiger partial charge in [-0.05, 0) is 43.0 Å². The number of carbonyl (C=O) groups is 1. The summed E-state index contributed by atoms with van der Waals surface area (Å²) in [6.45, 7) is 0. The van der Waals surface area contributed by atoms with E-state index >= 15 is 0 Å². The molecule has 1 atom stereocenters. The second kappa shape index (κ2) is 8.15. The number of nitrogens with one attached hydrogen (secondary N) is 1. The summed E-state index contributed by atoms with van der Waals surface area (Å²) in [6.07, 6.45) is 4.80. The summed E-state index contributed by atoms with van der Waals surface area (Å²) in [4.78, 5) is 21.5. The topological polar surface area (TPSA) is 75.1 Å². The average Bonchev–Trinajstić information content (AvgIpc) is 3.07. The molecule has 1 fully saturated rings. The van der Waals surface area contributed by atoms with Crippen LogP contribution >= 0.6 is 11.3 Å². The molecule has 2 aromatic heterocycles. The Kier molecular flexibility index (Phi) is 5.45. The van der Waals surface area contributed by atoms with E-state index in [1.807, 2.05) is 36.4 Å². The summed E-state index contributed by atoms with van der Waals surface area (Å²) in [6, 6.07) is 13.9. The van der Waals surface area contributed by atoms with Crippen molar-refractivity contribution in [2.75, 3.05) is 0 Å². The van der Waals surface area contributed by atoms with Crippen molar-refractivity contribution < 1.29 is 9.90 Å². The SMILES string of the molecule is O=C(CCc1nc2ccccc2s1)NC(Cc1ccccn1)C1CC(O)C1. The molecule has 140 valence electrons. The van der Waals surface area contributed by atoms with Crippen LogP contribution in [0.1, 0.15) is 30.0 Å². The summed E-state index contributed by atoms with van der Waals surface area (Å²) in [7, 11) is 0. The molecular formula is C21H23N3O2S. The number of hydrogen-bond acceptors (Lipinski definition) is 5. The maximum Gasteiger partial charge on any atom is 0.220 e. The Bertz CT molecular complexity index is 873. The van der Waals surface area contributed by atoms with Gasteiger partial charge in [-0.2, -0.15) is 0 Å². The van der Waals surface area contributed by atoms with Gasteiger partial charge in [0, 0.05) is 37.2 Å². The van der Waals surface area contributed by atoms with Gasteiger partial charge in [-0.15, -0.1) is 11.3 Å². The number of aliphatic hydroxyl groups is 1. The molecule has 27 heavy (non-hydrogen) atoms. The largest absolute Gasteiger partial charge is 0.393 e. The predicted molar refractivity (Wildman–Crippen MR) is 107 cm³/mol. The standard InChI is InChI=1S/C21H23N3O2S/c25-16-11-14(12-16)18(13-15-5-3-4-10-22-15)23-20(26)8-9-21-24-17-6-1-2-7-19(17)27-21/h1-7,10,14,16,18,25H,8-9,11-13H2,(H,23,26). The first-order valence-corrected chi connectivity index (χ1v) is 10.2. The minimum atomic E-state index is -0.235. The van der Waals surface area contributed by atoms with Crippen LogP contribution < -0.4 is 5.32 Å². The first-order valence-electron chi connectivity index (χ1n) is 9.39. The van der Waals surface area contributed by atoms with E-state index in [9.17, 15) is 9.90 Å². The van der Waals surface area contributed by atoms with E-state index in [0.717, 1.165) is 33.8 Å². The number of aryl methyl sites for hydroxylation is 1. The van der Waals surface area contributed by atoms with E-state index < -0.39 is 0 Å². The Morgan fingerprint density at radius 3 is 2.78 bits per heavy atom. The van der Waals surface area contributed by atoms with Crippen molar-refractivity contribution in [2.24, 2.45) is 5.92 Å². The number of nitrogens with zero attached hydrogens (tertiary/aromatic N) is 2. The fourth-order valence-corrected chi connectivity index (χ4v) is 4.53. The van der Waals surface area contributed by atoms with Gasteiger partial charge >= 0.3 is 0 Å². The number of thiazole rings is 1. The van der Waals surface area contributed by atoms with Crippen molar-refractivity contribution in [3.05, 3.63) is 59.4 Å². The maximum atomic E-state index is 12.5. The van der Waals surface area contributed by atoms with Crippen LogP contribution in [0.4, 0.5) is 0 Å². The smallest absolute Gasteiger partial charge is 0.220 e. The highest BCUT2D eigenvalue weighted by Gasteiger charge is 2.34. The second-order valence-corrected chi connectivity index (χ2v) is 8.28. The minimum absolute atomic E-state index is 0.0196. The number of carbonyl (C=O) groups excluding carboxylic acids is 1. The van der Waals surface area contributed by atoms with Gasteiger partial charge in [0.15, 0.2) is 0 Å². The summed E-state index contributed by atoms with van der Waals surface area (Å²) in [5.74, 6) is 0.352. The molecule has 0 bridgehead atoms. The van der Waals surface area contributed by atoms with Crippen molar-refractivity contribution in [3.8, 4) is 0 Å². The van der Waals surface area contributed by atoms with Crippen LogP contribution in [0.25, 0.3) is 10.2 Å². The number of hydrogen-bond donors (Lipinski definition) is 2. The van der Waals surface area contributed by atoms with Gasteiger partial charge in [-0.25, -0.2) is 4.98 Å². The Labute approximate surface area is 162 Å². The number of aromatic nitrogens is 2. The quantitative estimate of drug-likeness (QED) is 0.659. The lowest BCUT2D eigenvalue weighted by molar-refractivity contribution is -0.122. The van der Waals surface area contributed by atoms with Crippen LogP contribution in [0.3, 0.4) is 0 Å². The van der Waals surface area contributed by atoms with Gasteiger partial charge in [0.1, 0.15) is 0 Å². The molecule has 1 aromatic carbocycles. The van der Waals surface area contributed by atoms with Gasteiger partial charge in [0.25, 0.3) is 0 Å². The fourth-order valence-electron chi connectivity index (χ4n) is 3.56. The molecule has 6 heteroatoms. The Morgan fingerprint density at radius 2 is 2.04 bits per heavy atom. The molecule has 1 amide bonds. The first-order chi connectivity index (χ1) is 13.2. The molecular weight excluding hydrogens is 358 g/mol. The number of benzene rings is 1. The number of fused-ring (bicyclic) bond motifs is 1. The van der Waals surface area contributed by atoms with E-state index in [2.05, 4.69) is 21.4 Å². The maximum absolute atomic E-state index is 12.5. The Balaban J connectivity index is 1.36. The van der Waals surface area contributed by atoms with E-state index in [0.29, 0.717) is 25.2 Å².